The van der Waals surface area contributed by atoms with Gasteiger partial charge in [-0.25, -0.2) is 14.8 Å². The average molecular weight is 357 g/mol. The SMILES string of the molecule is O=C(O)COc1ccc(CCNC(=O)c2ncnc3ccsc23)cc1. The molecule has 0 atom stereocenters. The van der Waals surface area contributed by atoms with Crippen LogP contribution in [0.15, 0.2) is 42.0 Å². The Balaban J connectivity index is 1.53. The second-order valence-electron chi connectivity index (χ2n) is 5.19. The lowest BCUT2D eigenvalue weighted by Crippen LogP contribution is -2.26. The molecule has 1 amide bonds. The van der Waals surface area contributed by atoms with E-state index in [1.165, 1.54) is 17.7 Å². The first-order valence-corrected chi connectivity index (χ1v) is 8.41. The molecule has 0 fully saturated rings. The van der Waals surface area contributed by atoms with E-state index in [1.54, 1.807) is 12.1 Å². The van der Waals surface area contributed by atoms with Gasteiger partial charge in [0, 0.05) is 6.54 Å². The van der Waals surface area contributed by atoms with Gasteiger partial charge in [-0.2, -0.15) is 0 Å². The van der Waals surface area contributed by atoms with Crippen LogP contribution in [-0.2, 0) is 11.2 Å². The van der Waals surface area contributed by atoms with Crippen LogP contribution in [0.1, 0.15) is 16.1 Å². The van der Waals surface area contributed by atoms with Crippen molar-refractivity contribution < 1.29 is 19.4 Å². The van der Waals surface area contributed by atoms with Crippen molar-refractivity contribution in [3.8, 4) is 5.75 Å². The number of thiophene rings is 1. The van der Waals surface area contributed by atoms with E-state index >= 15 is 0 Å². The van der Waals surface area contributed by atoms with Crippen LogP contribution in [0, 0.1) is 0 Å². The molecule has 0 aliphatic carbocycles. The van der Waals surface area contributed by atoms with Crippen molar-refractivity contribution in [2.75, 3.05) is 13.2 Å². The summed E-state index contributed by atoms with van der Waals surface area (Å²) in [5.41, 5.74) is 2.16. The van der Waals surface area contributed by atoms with Crippen molar-refractivity contribution >= 4 is 33.4 Å². The smallest absolute Gasteiger partial charge is 0.341 e. The number of fused-ring (bicyclic) bond motifs is 1. The molecule has 7 nitrogen and oxygen atoms in total. The summed E-state index contributed by atoms with van der Waals surface area (Å²) in [6.07, 6.45) is 2.03. The highest BCUT2D eigenvalue weighted by Crippen LogP contribution is 2.20. The Morgan fingerprint density at radius 1 is 1.16 bits per heavy atom. The molecule has 0 radical (unpaired) electrons. The predicted molar refractivity (Wildman–Crippen MR) is 93.0 cm³/mol. The summed E-state index contributed by atoms with van der Waals surface area (Å²) in [5, 5.41) is 13.3. The normalized spacial score (nSPS) is 10.6. The maximum atomic E-state index is 12.3. The van der Waals surface area contributed by atoms with Crippen molar-refractivity contribution in [2.45, 2.75) is 6.42 Å². The quantitative estimate of drug-likeness (QED) is 0.672. The van der Waals surface area contributed by atoms with Crippen LogP contribution in [0.3, 0.4) is 0 Å². The van der Waals surface area contributed by atoms with E-state index in [9.17, 15) is 9.59 Å². The number of aliphatic carboxylic acids is 1. The highest BCUT2D eigenvalue weighted by Gasteiger charge is 2.12. The van der Waals surface area contributed by atoms with Gasteiger partial charge in [0.15, 0.2) is 6.61 Å². The Kier molecular flexibility index (Phi) is 5.20. The summed E-state index contributed by atoms with van der Waals surface area (Å²) in [4.78, 5) is 30.9. The van der Waals surface area contributed by atoms with Crippen molar-refractivity contribution in [3.05, 3.63) is 53.3 Å². The monoisotopic (exact) mass is 357 g/mol. The fourth-order valence-electron chi connectivity index (χ4n) is 2.25. The molecule has 0 aliphatic rings. The molecule has 25 heavy (non-hydrogen) atoms. The molecule has 0 saturated heterocycles. The lowest BCUT2D eigenvalue weighted by atomic mass is 10.1. The summed E-state index contributed by atoms with van der Waals surface area (Å²) in [6, 6.07) is 8.95. The molecule has 0 spiro atoms. The van der Waals surface area contributed by atoms with Gasteiger partial charge in [-0.3, -0.25) is 4.79 Å². The molecule has 8 heteroatoms. The number of nitrogens with one attached hydrogen (secondary N) is 1. The molecule has 1 aromatic carbocycles. The van der Waals surface area contributed by atoms with Crippen LogP contribution in [-0.4, -0.2) is 40.1 Å². The molecule has 2 N–H and O–H groups in total. The minimum Gasteiger partial charge on any atom is -0.482 e. The van der Waals surface area contributed by atoms with Gasteiger partial charge in [-0.15, -0.1) is 11.3 Å². The van der Waals surface area contributed by atoms with Crippen molar-refractivity contribution in [1.29, 1.82) is 0 Å². The Hall–Kier alpha value is -3.00. The first-order valence-electron chi connectivity index (χ1n) is 7.53. The molecule has 128 valence electrons. The zero-order valence-electron chi connectivity index (χ0n) is 13.1. The highest BCUT2D eigenvalue weighted by atomic mass is 32.1. The van der Waals surface area contributed by atoms with Gasteiger partial charge in [0.25, 0.3) is 5.91 Å². The zero-order valence-corrected chi connectivity index (χ0v) is 14.0. The van der Waals surface area contributed by atoms with E-state index in [0.29, 0.717) is 24.4 Å². The number of carbonyl (C=O) groups is 2. The van der Waals surface area contributed by atoms with Crippen LogP contribution in [0.2, 0.25) is 0 Å². The van der Waals surface area contributed by atoms with E-state index in [2.05, 4.69) is 15.3 Å². The maximum Gasteiger partial charge on any atom is 0.341 e. The van der Waals surface area contributed by atoms with Gasteiger partial charge in [0.05, 0.1) is 10.2 Å². The van der Waals surface area contributed by atoms with E-state index in [1.807, 2.05) is 23.6 Å². The maximum absolute atomic E-state index is 12.3. The summed E-state index contributed by atoms with van der Waals surface area (Å²) in [7, 11) is 0. The lowest BCUT2D eigenvalue weighted by Gasteiger charge is -2.07. The topological polar surface area (TPSA) is 101 Å². The Morgan fingerprint density at radius 3 is 2.72 bits per heavy atom. The first kappa shape index (κ1) is 16.8. The second-order valence-corrected chi connectivity index (χ2v) is 6.11. The van der Waals surface area contributed by atoms with E-state index in [0.717, 1.165) is 15.8 Å². The average Bonchev–Trinajstić information content (AvgIpc) is 3.09. The summed E-state index contributed by atoms with van der Waals surface area (Å²) >= 11 is 1.44. The third-order valence-electron chi connectivity index (χ3n) is 3.44. The van der Waals surface area contributed by atoms with Crippen molar-refractivity contribution in [1.82, 2.24) is 15.3 Å². The van der Waals surface area contributed by atoms with Gasteiger partial charge in [0.1, 0.15) is 17.8 Å². The summed E-state index contributed by atoms with van der Waals surface area (Å²) in [6.45, 7) is 0.0938. The first-order chi connectivity index (χ1) is 12.1. The zero-order chi connectivity index (χ0) is 17.6. The number of carboxylic acids is 1. The number of nitrogens with zero attached hydrogens (tertiary/aromatic N) is 2. The van der Waals surface area contributed by atoms with Crippen molar-refractivity contribution in [3.63, 3.8) is 0 Å². The Bertz CT molecular complexity index is 892. The third kappa shape index (κ3) is 4.30. The fourth-order valence-corrected chi connectivity index (χ4v) is 3.08. The molecule has 2 aromatic heterocycles. The van der Waals surface area contributed by atoms with Gasteiger partial charge < -0.3 is 15.2 Å². The minimum absolute atomic E-state index is 0.226. The summed E-state index contributed by atoms with van der Waals surface area (Å²) < 4.78 is 5.85. The molecular formula is C17H15N3O4S. The number of carbonyl (C=O) groups excluding carboxylic acids is 1. The molecule has 0 unspecified atom stereocenters. The Labute approximate surface area is 147 Å². The van der Waals surface area contributed by atoms with Crippen LogP contribution < -0.4 is 10.1 Å². The standard InChI is InChI=1S/C17H15N3O4S/c21-14(22)9-24-12-3-1-11(2-4-12)5-7-18-17(23)15-16-13(6-8-25-16)19-10-20-15/h1-4,6,8,10H,5,7,9H2,(H,18,23)(H,21,22). The number of amides is 1. The largest absolute Gasteiger partial charge is 0.482 e. The van der Waals surface area contributed by atoms with E-state index in [4.69, 9.17) is 9.84 Å². The van der Waals surface area contributed by atoms with E-state index < -0.39 is 5.97 Å². The number of hydrogen-bond acceptors (Lipinski definition) is 6. The fraction of sp³-hybridized carbons (Fsp3) is 0.176. The Morgan fingerprint density at radius 2 is 1.96 bits per heavy atom. The van der Waals surface area contributed by atoms with Crippen LogP contribution >= 0.6 is 11.3 Å². The van der Waals surface area contributed by atoms with Crippen LogP contribution in [0.4, 0.5) is 0 Å². The summed E-state index contributed by atoms with van der Waals surface area (Å²) in [5.74, 6) is -0.746. The predicted octanol–water partition coefficient (Wildman–Crippen LogP) is 2.13. The van der Waals surface area contributed by atoms with Gasteiger partial charge in [0.2, 0.25) is 0 Å². The number of carboxylic acid groups (broad SMARTS) is 1. The highest BCUT2D eigenvalue weighted by molar-refractivity contribution is 7.17. The van der Waals surface area contributed by atoms with Gasteiger partial charge in [-0.1, -0.05) is 12.1 Å². The number of ether oxygens (including phenoxy) is 1. The molecule has 0 aliphatic heterocycles. The van der Waals surface area contributed by atoms with Crippen LogP contribution in [0.5, 0.6) is 5.75 Å². The number of benzene rings is 1. The van der Waals surface area contributed by atoms with Crippen molar-refractivity contribution in [2.24, 2.45) is 0 Å². The van der Waals surface area contributed by atoms with E-state index in [-0.39, 0.29) is 12.5 Å². The molecule has 2 heterocycles. The lowest BCUT2D eigenvalue weighted by molar-refractivity contribution is -0.139. The molecule has 0 saturated carbocycles. The van der Waals surface area contributed by atoms with Crippen LogP contribution in [0.25, 0.3) is 10.2 Å². The number of hydrogen-bond donors (Lipinski definition) is 2. The number of aromatic nitrogens is 2. The van der Waals surface area contributed by atoms with Gasteiger partial charge in [-0.05, 0) is 35.6 Å². The number of rotatable bonds is 7. The minimum atomic E-state index is -1.02. The molecule has 3 rings (SSSR count). The third-order valence-corrected chi connectivity index (χ3v) is 4.35. The molecule has 3 aromatic rings. The molecular weight excluding hydrogens is 342 g/mol. The second kappa shape index (κ2) is 7.71. The molecule has 0 bridgehead atoms. The van der Waals surface area contributed by atoms with Gasteiger partial charge >= 0.3 is 5.97 Å².